The van der Waals surface area contributed by atoms with E-state index in [0.717, 1.165) is 14.3 Å². The maximum absolute atomic E-state index is 12.0. The molecule has 0 bridgehead atoms. The molecule has 0 saturated carbocycles. The fraction of sp³-hybridized carbons (Fsp3) is 0.167. The van der Waals surface area contributed by atoms with Crippen LogP contribution in [0.15, 0.2) is 41.3 Å². The maximum Gasteiger partial charge on any atom is 0.397 e. The minimum atomic E-state index is -4.48. The molecule has 1 atom stereocenters. The minimum absolute atomic E-state index is 0.00430. The predicted molar refractivity (Wildman–Crippen MR) is 85.4 cm³/mol. The second-order valence-electron chi connectivity index (χ2n) is 3.95. The van der Waals surface area contributed by atoms with Gasteiger partial charge in [-0.3, -0.25) is 8.76 Å². The summed E-state index contributed by atoms with van der Waals surface area (Å²) in [6.07, 6.45) is 0. The van der Waals surface area contributed by atoms with Gasteiger partial charge in [-0.05, 0) is 57.6 Å². The molecule has 8 heteroatoms. The zero-order chi connectivity index (χ0) is 14.8. The summed E-state index contributed by atoms with van der Waals surface area (Å²) in [5.74, 6) is -0.00430. The molecular formula is C12H11IO5S2. The first-order chi connectivity index (χ1) is 9.35. The molecule has 1 unspecified atom stereocenters. The van der Waals surface area contributed by atoms with Gasteiger partial charge in [0.2, 0.25) is 0 Å². The predicted octanol–water partition coefficient (Wildman–Crippen LogP) is 2.37. The van der Waals surface area contributed by atoms with Crippen LogP contribution in [0.3, 0.4) is 0 Å². The van der Waals surface area contributed by atoms with Crippen LogP contribution in [0.4, 0.5) is 0 Å². The van der Waals surface area contributed by atoms with Crippen LogP contribution in [-0.4, -0.2) is 29.5 Å². The number of hydrogen-bond donors (Lipinski definition) is 1. The van der Waals surface area contributed by atoms with Crippen molar-refractivity contribution in [3.8, 4) is 0 Å². The lowest BCUT2D eigenvalue weighted by atomic mass is 10.1. The molecule has 0 aliphatic heterocycles. The first-order valence-corrected chi connectivity index (χ1v) is 9.31. The fourth-order valence-electron chi connectivity index (χ4n) is 1.67. The summed E-state index contributed by atoms with van der Waals surface area (Å²) < 4.78 is 46.5. The van der Waals surface area contributed by atoms with Crippen LogP contribution in [0.1, 0.15) is 0 Å². The Morgan fingerprint density at radius 2 is 1.80 bits per heavy atom. The van der Waals surface area contributed by atoms with Gasteiger partial charge in [0, 0.05) is 8.47 Å². The SMILES string of the molecule is O=S(CCOS(=O)(=O)O)c1ccc2cc(I)ccc2c1. The number of hydrogen-bond acceptors (Lipinski definition) is 4. The molecule has 0 aliphatic rings. The van der Waals surface area contributed by atoms with Crippen LogP contribution >= 0.6 is 22.6 Å². The van der Waals surface area contributed by atoms with Gasteiger partial charge < -0.3 is 0 Å². The van der Waals surface area contributed by atoms with E-state index in [1.807, 2.05) is 24.3 Å². The molecule has 2 aromatic rings. The van der Waals surface area contributed by atoms with Gasteiger partial charge in [-0.25, -0.2) is 4.18 Å². The van der Waals surface area contributed by atoms with E-state index in [2.05, 4.69) is 26.8 Å². The van der Waals surface area contributed by atoms with Crippen LogP contribution in [0.5, 0.6) is 0 Å². The number of fused-ring (bicyclic) bond motifs is 1. The molecule has 0 amide bonds. The van der Waals surface area contributed by atoms with Crippen molar-refractivity contribution in [3.05, 3.63) is 40.0 Å². The quantitative estimate of drug-likeness (QED) is 0.587. The van der Waals surface area contributed by atoms with Crippen molar-refractivity contribution < 1.29 is 21.4 Å². The van der Waals surface area contributed by atoms with Crippen molar-refractivity contribution in [2.45, 2.75) is 4.90 Å². The van der Waals surface area contributed by atoms with E-state index in [4.69, 9.17) is 4.55 Å². The number of rotatable bonds is 5. The third-order valence-corrected chi connectivity index (χ3v) is 4.99. The van der Waals surface area contributed by atoms with Gasteiger partial charge in [0.25, 0.3) is 0 Å². The van der Waals surface area contributed by atoms with Gasteiger partial charge in [0.15, 0.2) is 0 Å². The Labute approximate surface area is 132 Å². The Kier molecular flexibility index (Phi) is 5.13. The lowest BCUT2D eigenvalue weighted by molar-refractivity contribution is 0.284. The highest BCUT2D eigenvalue weighted by molar-refractivity contribution is 14.1. The van der Waals surface area contributed by atoms with E-state index < -0.39 is 21.2 Å². The molecule has 0 spiro atoms. The molecule has 5 nitrogen and oxygen atoms in total. The Morgan fingerprint density at radius 1 is 1.15 bits per heavy atom. The maximum atomic E-state index is 12.0. The average Bonchev–Trinajstić information content (AvgIpc) is 2.36. The normalized spacial score (nSPS) is 13.5. The number of halogens is 1. The van der Waals surface area contributed by atoms with Crippen molar-refractivity contribution in [2.75, 3.05) is 12.4 Å². The summed E-state index contributed by atoms with van der Waals surface area (Å²) in [7, 11) is -5.86. The number of benzene rings is 2. The highest BCUT2D eigenvalue weighted by Gasteiger charge is 2.09. The van der Waals surface area contributed by atoms with Crippen molar-refractivity contribution >= 4 is 54.6 Å². The average molecular weight is 426 g/mol. The van der Waals surface area contributed by atoms with Gasteiger partial charge in [0.1, 0.15) is 0 Å². The molecule has 0 heterocycles. The highest BCUT2D eigenvalue weighted by atomic mass is 127. The molecule has 2 aromatic carbocycles. The minimum Gasteiger partial charge on any atom is -0.264 e. The molecule has 20 heavy (non-hydrogen) atoms. The van der Waals surface area contributed by atoms with E-state index in [0.29, 0.717) is 4.90 Å². The standard InChI is InChI=1S/C12H11IO5S2/c13-11-3-1-10-8-12(4-2-9(10)7-11)19(14)6-5-18-20(15,16)17/h1-4,7-8H,5-6H2,(H,15,16,17). The monoisotopic (exact) mass is 426 g/mol. The largest absolute Gasteiger partial charge is 0.397 e. The molecule has 2 rings (SSSR count). The highest BCUT2D eigenvalue weighted by Crippen LogP contribution is 2.20. The lowest BCUT2D eigenvalue weighted by Crippen LogP contribution is -2.11. The molecule has 0 radical (unpaired) electrons. The summed E-state index contributed by atoms with van der Waals surface area (Å²) in [6, 6.07) is 11.3. The zero-order valence-electron chi connectivity index (χ0n) is 10.2. The Balaban J connectivity index is 2.12. The summed E-state index contributed by atoms with van der Waals surface area (Å²) in [5, 5.41) is 2.01. The third kappa shape index (κ3) is 4.48. The lowest BCUT2D eigenvalue weighted by Gasteiger charge is -2.04. The van der Waals surface area contributed by atoms with E-state index >= 15 is 0 Å². The summed E-state index contributed by atoms with van der Waals surface area (Å²) in [6.45, 7) is -0.323. The Bertz CT molecular complexity index is 758. The molecule has 1 N–H and O–H groups in total. The molecule has 0 fully saturated rings. The fourth-order valence-corrected chi connectivity index (χ4v) is 3.53. The first-order valence-electron chi connectivity index (χ1n) is 5.55. The van der Waals surface area contributed by atoms with E-state index in [1.54, 1.807) is 12.1 Å². The summed E-state index contributed by atoms with van der Waals surface area (Å²) >= 11 is 2.22. The molecular weight excluding hydrogens is 415 g/mol. The van der Waals surface area contributed by atoms with Gasteiger partial charge in [0.05, 0.1) is 23.2 Å². The van der Waals surface area contributed by atoms with Gasteiger partial charge in [-0.1, -0.05) is 12.1 Å². The van der Waals surface area contributed by atoms with Crippen molar-refractivity contribution in [2.24, 2.45) is 0 Å². The van der Waals surface area contributed by atoms with Crippen LogP contribution in [0.2, 0.25) is 0 Å². The van der Waals surface area contributed by atoms with Gasteiger partial charge in [-0.15, -0.1) is 0 Å². The van der Waals surface area contributed by atoms with Crippen molar-refractivity contribution in [1.82, 2.24) is 0 Å². The van der Waals surface area contributed by atoms with Crippen molar-refractivity contribution in [1.29, 1.82) is 0 Å². The third-order valence-electron chi connectivity index (χ3n) is 2.54. The Morgan fingerprint density at radius 3 is 2.50 bits per heavy atom. The van der Waals surface area contributed by atoms with E-state index in [9.17, 15) is 12.6 Å². The first kappa shape index (κ1) is 15.8. The second kappa shape index (κ2) is 6.48. The molecule has 0 saturated heterocycles. The van der Waals surface area contributed by atoms with Crippen molar-refractivity contribution in [3.63, 3.8) is 0 Å². The molecule has 0 aliphatic carbocycles. The zero-order valence-corrected chi connectivity index (χ0v) is 13.9. The summed E-state index contributed by atoms with van der Waals surface area (Å²) in [5.41, 5.74) is 0. The second-order valence-corrected chi connectivity index (χ2v) is 7.86. The van der Waals surface area contributed by atoms with Crippen LogP contribution in [0, 0.1) is 3.57 Å². The van der Waals surface area contributed by atoms with Crippen LogP contribution in [0.25, 0.3) is 10.8 Å². The van der Waals surface area contributed by atoms with Gasteiger partial charge in [-0.2, -0.15) is 8.42 Å². The smallest absolute Gasteiger partial charge is 0.264 e. The van der Waals surface area contributed by atoms with Crippen LogP contribution < -0.4 is 0 Å². The van der Waals surface area contributed by atoms with Crippen LogP contribution in [-0.2, 0) is 25.4 Å². The molecule has 0 aromatic heterocycles. The van der Waals surface area contributed by atoms with E-state index in [-0.39, 0.29) is 12.4 Å². The molecule has 108 valence electrons. The van der Waals surface area contributed by atoms with Gasteiger partial charge >= 0.3 is 10.4 Å². The summed E-state index contributed by atoms with van der Waals surface area (Å²) in [4.78, 5) is 0.595. The Hall–Kier alpha value is -0.550. The topological polar surface area (TPSA) is 80.7 Å². The van der Waals surface area contributed by atoms with E-state index in [1.165, 1.54) is 0 Å².